The molecular weight excluding hydrogens is 294 g/mol. The predicted molar refractivity (Wildman–Crippen MR) is 84.0 cm³/mol. The number of nitrogens with one attached hydrogen (secondary N) is 1. The smallest absolute Gasteiger partial charge is 0.272 e. The highest BCUT2D eigenvalue weighted by Crippen LogP contribution is 2.29. The van der Waals surface area contributed by atoms with Gasteiger partial charge in [0, 0.05) is 50.5 Å². The van der Waals surface area contributed by atoms with E-state index in [1.165, 1.54) is 0 Å². The number of hydrogen-bond donors (Lipinski definition) is 2. The highest BCUT2D eigenvalue weighted by Gasteiger charge is 2.23. The molecule has 7 heteroatoms. The van der Waals surface area contributed by atoms with E-state index in [1.54, 1.807) is 19.1 Å². The Kier molecular flexibility index (Phi) is 7.04. The van der Waals surface area contributed by atoms with Gasteiger partial charge in [-0.3, -0.25) is 15.0 Å². The molecule has 1 aromatic rings. The molecule has 0 spiro atoms. The van der Waals surface area contributed by atoms with Gasteiger partial charge in [0.05, 0.1) is 4.92 Å². The summed E-state index contributed by atoms with van der Waals surface area (Å²) in [6, 6.07) is 5.42. The molecule has 0 amide bonds. The van der Waals surface area contributed by atoms with Crippen molar-refractivity contribution in [2.75, 3.05) is 32.8 Å². The summed E-state index contributed by atoms with van der Waals surface area (Å²) in [5.74, 6) is 0. The molecule has 1 aliphatic heterocycles. The Labute approximate surface area is 130 Å². The molecule has 118 valence electrons. The molecule has 1 heterocycles. The average Bonchev–Trinajstić information content (AvgIpc) is 2.46. The van der Waals surface area contributed by atoms with Crippen LogP contribution in [0.25, 0.3) is 0 Å². The van der Waals surface area contributed by atoms with Gasteiger partial charge in [0.25, 0.3) is 5.69 Å². The number of aryl methyl sites for hydroxylation is 1. The van der Waals surface area contributed by atoms with Crippen LogP contribution in [0.2, 0.25) is 0 Å². The zero-order chi connectivity index (χ0) is 14.5. The summed E-state index contributed by atoms with van der Waals surface area (Å²) in [6.45, 7) is 5.44. The number of nitro groups is 1. The third kappa shape index (κ3) is 4.38. The van der Waals surface area contributed by atoms with Crippen molar-refractivity contribution >= 4 is 18.1 Å². The number of nitrogens with zero attached hydrogens (tertiary/aromatic N) is 2. The number of nitro benzene ring substituents is 1. The number of halogens is 1. The molecule has 1 saturated heterocycles. The van der Waals surface area contributed by atoms with Gasteiger partial charge in [0.15, 0.2) is 0 Å². The number of benzene rings is 1. The maximum Gasteiger partial charge on any atom is 0.272 e. The molecule has 1 aliphatic rings. The first-order valence-corrected chi connectivity index (χ1v) is 6.94. The summed E-state index contributed by atoms with van der Waals surface area (Å²) >= 11 is 0. The fourth-order valence-electron chi connectivity index (χ4n) is 2.71. The van der Waals surface area contributed by atoms with E-state index in [-0.39, 0.29) is 35.7 Å². The lowest BCUT2D eigenvalue weighted by atomic mass is 9.99. The number of aliphatic hydroxyl groups is 1. The summed E-state index contributed by atoms with van der Waals surface area (Å²) in [5, 5.41) is 23.6. The van der Waals surface area contributed by atoms with Crippen molar-refractivity contribution in [2.24, 2.45) is 0 Å². The van der Waals surface area contributed by atoms with Gasteiger partial charge in [0.1, 0.15) is 0 Å². The molecule has 1 atom stereocenters. The van der Waals surface area contributed by atoms with Crippen LogP contribution in [0.5, 0.6) is 0 Å². The molecule has 21 heavy (non-hydrogen) atoms. The van der Waals surface area contributed by atoms with Crippen molar-refractivity contribution in [1.29, 1.82) is 0 Å². The van der Waals surface area contributed by atoms with Crippen molar-refractivity contribution in [2.45, 2.75) is 19.4 Å². The quantitative estimate of drug-likeness (QED) is 0.638. The van der Waals surface area contributed by atoms with Crippen LogP contribution in [0.1, 0.15) is 23.6 Å². The van der Waals surface area contributed by atoms with E-state index in [2.05, 4.69) is 10.2 Å². The molecule has 0 aromatic heterocycles. The molecule has 0 unspecified atom stereocenters. The van der Waals surface area contributed by atoms with Crippen LogP contribution in [0.15, 0.2) is 18.2 Å². The Balaban J connectivity index is 0.00000220. The molecule has 6 nitrogen and oxygen atoms in total. The Morgan fingerprint density at radius 1 is 1.43 bits per heavy atom. The zero-order valence-electron chi connectivity index (χ0n) is 12.1. The third-order valence-corrected chi connectivity index (χ3v) is 3.81. The maximum atomic E-state index is 11.1. The first-order chi connectivity index (χ1) is 9.63. The average molecular weight is 316 g/mol. The minimum atomic E-state index is -0.341. The molecule has 2 rings (SSSR count). The monoisotopic (exact) mass is 315 g/mol. The Hall–Kier alpha value is -1.21. The van der Waals surface area contributed by atoms with Crippen molar-refractivity contribution in [3.63, 3.8) is 0 Å². The number of piperazine rings is 1. The second kappa shape index (κ2) is 8.29. The van der Waals surface area contributed by atoms with Gasteiger partial charge < -0.3 is 10.4 Å². The lowest BCUT2D eigenvalue weighted by Gasteiger charge is -2.35. The second-order valence-electron chi connectivity index (χ2n) is 5.12. The molecule has 1 fully saturated rings. The highest BCUT2D eigenvalue weighted by molar-refractivity contribution is 5.85. The van der Waals surface area contributed by atoms with Crippen LogP contribution >= 0.6 is 12.4 Å². The van der Waals surface area contributed by atoms with Crippen LogP contribution < -0.4 is 5.32 Å². The van der Waals surface area contributed by atoms with Crippen molar-refractivity contribution in [3.05, 3.63) is 39.4 Å². The summed E-state index contributed by atoms with van der Waals surface area (Å²) in [7, 11) is 0. The Bertz CT molecular complexity index is 479. The van der Waals surface area contributed by atoms with Gasteiger partial charge in [-0.05, 0) is 18.9 Å². The van der Waals surface area contributed by atoms with Gasteiger partial charge >= 0.3 is 0 Å². The predicted octanol–water partition coefficient (Wildman–Crippen LogP) is 1.65. The molecule has 0 bridgehead atoms. The molecule has 0 aliphatic carbocycles. The minimum absolute atomic E-state index is 0. The number of aliphatic hydroxyl groups excluding tert-OH is 1. The second-order valence-corrected chi connectivity index (χ2v) is 5.12. The largest absolute Gasteiger partial charge is 0.396 e. The highest BCUT2D eigenvalue weighted by atomic mass is 35.5. The number of rotatable bonds is 5. The van der Waals surface area contributed by atoms with E-state index in [0.717, 1.165) is 31.7 Å². The van der Waals surface area contributed by atoms with E-state index in [1.807, 2.05) is 6.07 Å². The van der Waals surface area contributed by atoms with E-state index in [9.17, 15) is 15.2 Å². The standard InChI is InChI=1S/C14H21N3O3.ClH/c1-11-2-3-12(10-14(11)17(19)20)13(4-9-18)16-7-5-15-6-8-16;/h2-3,10,13,15,18H,4-9H2,1H3;1H/t13-;/m0./s1. The first kappa shape index (κ1) is 17.8. The molecule has 0 radical (unpaired) electrons. The third-order valence-electron chi connectivity index (χ3n) is 3.81. The molecule has 2 N–H and O–H groups in total. The first-order valence-electron chi connectivity index (χ1n) is 6.94. The Morgan fingerprint density at radius 2 is 2.10 bits per heavy atom. The summed E-state index contributed by atoms with van der Waals surface area (Å²) < 4.78 is 0. The molecular formula is C14H22ClN3O3. The van der Waals surface area contributed by atoms with Crippen molar-refractivity contribution in [1.82, 2.24) is 10.2 Å². The van der Waals surface area contributed by atoms with Crippen LogP contribution in [0.4, 0.5) is 5.69 Å². The van der Waals surface area contributed by atoms with Crippen LogP contribution in [-0.2, 0) is 0 Å². The topological polar surface area (TPSA) is 78.6 Å². The molecule has 1 aromatic carbocycles. The van der Waals surface area contributed by atoms with Gasteiger partial charge in [-0.15, -0.1) is 12.4 Å². The van der Waals surface area contributed by atoms with E-state index >= 15 is 0 Å². The van der Waals surface area contributed by atoms with Crippen molar-refractivity contribution in [3.8, 4) is 0 Å². The lowest BCUT2D eigenvalue weighted by Crippen LogP contribution is -2.45. The summed E-state index contributed by atoms with van der Waals surface area (Å²) in [4.78, 5) is 13.0. The normalized spacial score (nSPS) is 17.0. The van der Waals surface area contributed by atoms with Crippen LogP contribution in [0.3, 0.4) is 0 Å². The minimum Gasteiger partial charge on any atom is -0.396 e. The zero-order valence-corrected chi connectivity index (χ0v) is 12.9. The fraction of sp³-hybridized carbons (Fsp3) is 0.571. The fourth-order valence-corrected chi connectivity index (χ4v) is 2.71. The van der Waals surface area contributed by atoms with Crippen LogP contribution in [0, 0.1) is 17.0 Å². The van der Waals surface area contributed by atoms with Gasteiger partial charge in [0.2, 0.25) is 0 Å². The van der Waals surface area contributed by atoms with Gasteiger partial charge in [-0.1, -0.05) is 12.1 Å². The molecule has 0 saturated carbocycles. The number of hydrogen-bond acceptors (Lipinski definition) is 5. The van der Waals surface area contributed by atoms with Crippen LogP contribution in [-0.4, -0.2) is 47.7 Å². The maximum absolute atomic E-state index is 11.1. The Morgan fingerprint density at radius 3 is 2.67 bits per heavy atom. The van der Waals surface area contributed by atoms with Crippen molar-refractivity contribution < 1.29 is 10.0 Å². The van der Waals surface area contributed by atoms with Gasteiger partial charge in [-0.2, -0.15) is 0 Å². The lowest BCUT2D eigenvalue weighted by molar-refractivity contribution is -0.385. The van der Waals surface area contributed by atoms with E-state index in [4.69, 9.17) is 0 Å². The van der Waals surface area contributed by atoms with E-state index < -0.39 is 0 Å². The van der Waals surface area contributed by atoms with E-state index in [0.29, 0.717) is 12.0 Å². The summed E-state index contributed by atoms with van der Waals surface area (Å²) in [5.41, 5.74) is 1.74. The van der Waals surface area contributed by atoms with Gasteiger partial charge in [-0.25, -0.2) is 0 Å². The summed E-state index contributed by atoms with van der Waals surface area (Å²) in [6.07, 6.45) is 0.597. The SMILES string of the molecule is Cc1ccc([C@H](CCO)N2CCNCC2)cc1[N+](=O)[O-].Cl.